The van der Waals surface area contributed by atoms with Crippen molar-refractivity contribution in [2.75, 3.05) is 5.73 Å². The van der Waals surface area contributed by atoms with E-state index in [0.29, 0.717) is 5.69 Å². The minimum Gasteiger partial charge on any atom is -0.397 e. The number of H-pyrrole nitrogens is 1. The van der Waals surface area contributed by atoms with Crippen molar-refractivity contribution < 1.29 is 0 Å². The summed E-state index contributed by atoms with van der Waals surface area (Å²) >= 11 is 5.94. The largest absolute Gasteiger partial charge is 0.397 e. The number of nitrogens with zero attached hydrogens (tertiary/aromatic N) is 1. The average molecular weight is 244 g/mol. The molecule has 0 fully saturated rings. The summed E-state index contributed by atoms with van der Waals surface area (Å²) in [6.07, 6.45) is 3.59. The molecule has 0 spiro atoms. The zero-order valence-electron chi connectivity index (χ0n) is 8.94. The lowest BCUT2D eigenvalue weighted by Crippen LogP contribution is -1.87. The van der Waals surface area contributed by atoms with Crippen LogP contribution in [-0.2, 0) is 0 Å². The Balaban J connectivity index is 2.21. The first kappa shape index (κ1) is 10.2. The Kier molecular flexibility index (Phi) is 2.27. The van der Waals surface area contributed by atoms with Gasteiger partial charge in [0.15, 0.2) is 0 Å². The van der Waals surface area contributed by atoms with Crippen molar-refractivity contribution in [3.8, 4) is 11.3 Å². The molecule has 17 heavy (non-hydrogen) atoms. The third-order valence-corrected chi connectivity index (χ3v) is 2.94. The molecule has 0 radical (unpaired) electrons. The van der Waals surface area contributed by atoms with Crippen molar-refractivity contribution in [3.05, 3.63) is 47.7 Å². The Bertz CT molecular complexity index is 671. The Hall–Kier alpha value is -2.00. The predicted molar refractivity (Wildman–Crippen MR) is 71.0 cm³/mol. The number of benzene rings is 1. The summed E-state index contributed by atoms with van der Waals surface area (Å²) in [5.41, 5.74) is 9.24. The van der Waals surface area contributed by atoms with Crippen molar-refractivity contribution in [2.24, 2.45) is 0 Å². The van der Waals surface area contributed by atoms with Crippen molar-refractivity contribution in [2.45, 2.75) is 0 Å². The van der Waals surface area contributed by atoms with Crippen LogP contribution >= 0.6 is 11.6 Å². The average Bonchev–Trinajstić information content (AvgIpc) is 2.73. The van der Waals surface area contributed by atoms with Gasteiger partial charge in [-0.05, 0) is 24.3 Å². The third kappa shape index (κ3) is 1.74. The van der Waals surface area contributed by atoms with Gasteiger partial charge in [0.05, 0.1) is 17.6 Å². The number of hydrogen-bond acceptors (Lipinski definition) is 2. The molecule has 2 heterocycles. The van der Waals surface area contributed by atoms with Gasteiger partial charge in [-0.3, -0.25) is 4.98 Å². The first-order valence-corrected chi connectivity index (χ1v) is 5.60. The molecule has 3 aromatic rings. The molecule has 0 aliphatic rings. The number of anilines is 1. The molecule has 0 saturated heterocycles. The molecule has 0 saturated carbocycles. The Morgan fingerprint density at radius 3 is 2.82 bits per heavy atom. The van der Waals surface area contributed by atoms with Gasteiger partial charge in [-0.2, -0.15) is 0 Å². The number of rotatable bonds is 1. The maximum atomic E-state index is 5.94. The number of aromatic amines is 1. The minimum absolute atomic E-state index is 0.664. The highest BCUT2D eigenvalue weighted by Gasteiger charge is 2.07. The van der Waals surface area contributed by atoms with Gasteiger partial charge in [-0.1, -0.05) is 17.7 Å². The molecular formula is C13H10ClN3. The number of hydrogen-bond donors (Lipinski definition) is 2. The summed E-state index contributed by atoms with van der Waals surface area (Å²) < 4.78 is 0. The Morgan fingerprint density at radius 2 is 2.06 bits per heavy atom. The smallest absolute Gasteiger partial charge is 0.0725 e. The van der Waals surface area contributed by atoms with E-state index in [2.05, 4.69) is 9.97 Å². The summed E-state index contributed by atoms with van der Waals surface area (Å²) in [6.45, 7) is 0. The third-order valence-electron chi connectivity index (χ3n) is 2.71. The van der Waals surface area contributed by atoms with E-state index < -0.39 is 0 Å². The van der Waals surface area contributed by atoms with Crippen LogP contribution in [0.3, 0.4) is 0 Å². The van der Waals surface area contributed by atoms with Crippen LogP contribution in [-0.4, -0.2) is 9.97 Å². The maximum Gasteiger partial charge on any atom is 0.0725 e. The zero-order valence-corrected chi connectivity index (χ0v) is 9.70. The summed E-state index contributed by atoms with van der Waals surface area (Å²) in [5, 5.41) is 1.82. The van der Waals surface area contributed by atoms with Gasteiger partial charge < -0.3 is 10.7 Å². The van der Waals surface area contributed by atoms with Crippen molar-refractivity contribution >= 4 is 28.2 Å². The maximum absolute atomic E-state index is 5.94. The van der Waals surface area contributed by atoms with Crippen LogP contribution in [0.4, 0.5) is 5.69 Å². The molecule has 2 aromatic heterocycles. The summed E-state index contributed by atoms with van der Waals surface area (Å²) in [7, 11) is 0. The normalized spacial score (nSPS) is 10.9. The van der Waals surface area contributed by atoms with E-state index in [1.807, 2.05) is 36.5 Å². The minimum atomic E-state index is 0.664. The molecular weight excluding hydrogens is 234 g/mol. The fourth-order valence-electron chi connectivity index (χ4n) is 1.87. The molecule has 4 heteroatoms. The first-order valence-electron chi connectivity index (χ1n) is 5.22. The number of aromatic nitrogens is 2. The summed E-state index contributed by atoms with van der Waals surface area (Å²) in [4.78, 5) is 7.50. The molecule has 0 aliphatic carbocycles. The SMILES string of the molecule is Nc1ccc(-c2c[nH]c3cc(Cl)ccc23)nc1. The van der Waals surface area contributed by atoms with Crippen LogP contribution in [0, 0.1) is 0 Å². The number of nitrogens with two attached hydrogens (primary N) is 1. The van der Waals surface area contributed by atoms with Gasteiger partial charge in [0, 0.05) is 27.7 Å². The van der Waals surface area contributed by atoms with Crippen LogP contribution < -0.4 is 5.73 Å². The topological polar surface area (TPSA) is 54.7 Å². The van der Waals surface area contributed by atoms with Gasteiger partial charge in [0.2, 0.25) is 0 Å². The molecule has 0 unspecified atom stereocenters. The lowest BCUT2D eigenvalue weighted by Gasteiger charge is -1.99. The molecule has 3 N–H and O–H groups in total. The fraction of sp³-hybridized carbons (Fsp3) is 0. The number of fused-ring (bicyclic) bond motifs is 1. The molecule has 0 amide bonds. The monoisotopic (exact) mass is 243 g/mol. The van der Waals surface area contributed by atoms with Gasteiger partial charge >= 0.3 is 0 Å². The lowest BCUT2D eigenvalue weighted by molar-refractivity contribution is 1.33. The second kappa shape index (κ2) is 3.79. The highest BCUT2D eigenvalue weighted by molar-refractivity contribution is 6.31. The highest BCUT2D eigenvalue weighted by atomic mass is 35.5. The first-order chi connectivity index (χ1) is 8.24. The van der Waals surface area contributed by atoms with Crippen LogP contribution in [0.1, 0.15) is 0 Å². The van der Waals surface area contributed by atoms with E-state index in [1.54, 1.807) is 6.20 Å². The van der Waals surface area contributed by atoms with Gasteiger partial charge in [-0.25, -0.2) is 0 Å². The molecule has 0 bridgehead atoms. The Morgan fingerprint density at radius 1 is 1.18 bits per heavy atom. The van der Waals surface area contributed by atoms with Crippen molar-refractivity contribution in [3.63, 3.8) is 0 Å². The summed E-state index contributed by atoms with van der Waals surface area (Å²) in [6, 6.07) is 9.52. The van der Waals surface area contributed by atoms with E-state index in [4.69, 9.17) is 17.3 Å². The van der Waals surface area contributed by atoms with E-state index in [-0.39, 0.29) is 0 Å². The van der Waals surface area contributed by atoms with Crippen LogP contribution in [0.5, 0.6) is 0 Å². The standard InChI is InChI=1S/C13H10ClN3/c14-8-1-3-10-11(7-17-13(10)5-8)12-4-2-9(15)6-16-12/h1-7,17H,15H2. The van der Waals surface area contributed by atoms with E-state index in [0.717, 1.165) is 27.2 Å². The molecule has 0 aliphatic heterocycles. The van der Waals surface area contributed by atoms with Crippen molar-refractivity contribution in [1.82, 2.24) is 9.97 Å². The van der Waals surface area contributed by atoms with E-state index in [9.17, 15) is 0 Å². The van der Waals surface area contributed by atoms with Gasteiger partial charge in [0.1, 0.15) is 0 Å². The second-order valence-electron chi connectivity index (χ2n) is 3.87. The highest BCUT2D eigenvalue weighted by Crippen LogP contribution is 2.29. The lowest BCUT2D eigenvalue weighted by atomic mass is 10.1. The molecule has 1 aromatic carbocycles. The molecule has 3 nitrogen and oxygen atoms in total. The molecule has 3 rings (SSSR count). The van der Waals surface area contributed by atoms with Crippen LogP contribution in [0.25, 0.3) is 22.2 Å². The van der Waals surface area contributed by atoms with Crippen LogP contribution in [0.2, 0.25) is 5.02 Å². The quantitative estimate of drug-likeness (QED) is 0.688. The van der Waals surface area contributed by atoms with Gasteiger partial charge in [-0.15, -0.1) is 0 Å². The Labute approximate surface area is 103 Å². The number of nitrogen functional groups attached to an aromatic ring is 1. The molecule has 0 atom stereocenters. The number of nitrogens with one attached hydrogen (secondary N) is 1. The number of pyridine rings is 1. The van der Waals surface area contributed by atoms with Crippen molar-refractivity contribution in [1.29, 1.82) is 0 Å². The van der Waals surface area contributed by atoms with E-state index >= 15 is 0 Å². The second-order valence-corrected chi connectivity index (χ2v) is 4.31. The fourth-order valence-corrected chi connectivity index (χ4v) is 2.05. The number of halogens is 1. The zero-order chi connectivity index (χ0) is 11.8. The van der Waals surface area contributed by atoms with Gasteiger partial charge in [0.25, 0.3) is 0 Å². The molecule has 84 valence electrons. The summed E-state index contributed by atoms with van der Waals surface area (Å²) in [5.74, 6) is 0. The predicted octanol–water partition coefficient (Wildman–Crippen LogP) is 3.47. The van der Waals surface area contributed by atoms with Crippen LogP contribution in [0.15, 0.2) is 42.7 Å². The van der Waals surface area contributed by atoms with E-state index in [1.165, 1.54) is 0 Å².